The van der Waals surface area contributed by atoms with E-state index in [9.17, 15) is 4.79 Å². The van der Waals surface area contributed by atoms with Crippen LogP contribution in [0.4, 0.5) is 5.69 Å². The highest BCUT2D eigenvalue weighted by atomic mass is 16.2. The van der Waals surface area contributed by atoms with Crippen molar-refractivity contribution in [3.8, 4) is 0 Å². The fourth-order valence-electron chi connectivity index (χ4n) is 3.68. The van der Waals surface area contributed by atoms with E-state index in [-0.39, 0.29) is 5.91 Å². The number of aryl methyl sites for hydroxylation is 3. The lowest BCUT2D eigenvalue weighted by Gasteiger charge is -2.23. The lowest BCUT2D eigenvalue weighted by molar-refractivity contribution is -0.122. The van der Waals surface area contributed by atoms with Crippen molar-refractivity contribution in [2.24, 2.45) is 0 Å². The number of amides is 1. The Labute approximate surface area is 132 Å². The van der Waals surface area contributed by atoms with Crippen LogP contribution in [0.2, 0.25) is 0 Å². The molecule has 0 saturated carbocycles. The maximum absolute atomic E-state index is 12.8. The Morgan fingerprint density at radius 2 is 1.68 bits per heavy atom. The normalized spacial score (nSPS) is 20.4. The van der Waals surface area contributed by atoms with Crippen molar-refractivity contribution >= 4 is 11.6 Å². The minimum atomic E-state index is -0.414. The van der Waals surface area contributed by atoms with Gasteiger partial charge in [-0.2, -0.15) is 0 Å². The van der Waals surface area contributed by atoms with Crippen molar-refractivity contribution in [3.05, 3.63) is 64.7 Å². The molecule has 0 bridgehead atoms. The van der Waals surface area contributed by atoms with Gasteiger partial charge in [-0.1, -0.05) is 47.5 Å². The van der Waals surface area contributed by atoms with Gasteiger partial charge in [-0.05, 0) is 50.8 Å². The Hall–Kier alpha value is -2.09. The zero-order valence-corrected chi connectivity index (χ0v) is 13.8. The van der Waals surface area contributed by atoms with Gasteiger partial charge in [-0.25, -0.2) is 0 Å². The summed E-state index contributed by atoms with van der Waals surface area (Å²) in [5.74, 6) is 0.207. The van der Waals surface area contributed by atoms with Gasteiger partial charge in [0, 0.05) is 12.7 Å². The average Bonchev–Trinajstić information content (AvgIpc) is 2.68. The van der Waals surface area contributed by atoms with Gasteiger partial charge in [-0.15, -0.1) is 0 Å². The number of nitrogens with zero attached hydrogens (tertiary/aromatic N) is 1. The first-order valence-corrected chi connectivity index (χ1v) is 7.87. The quantitative estimate of drug-likeness (QED) is 0.831. The Bertz CT molecular complexity index is 714. The number of likely N-dealkylation sites (N-methyl/N-ethyl adjacent to an activating group) is 1. The summed E-state index contributed by atoms with van der Waals surface area (Å²) in [6.45, 7) is 6.34. The van der Waals surface area contributed by atoms with E-state index < -0.39 is 5.41 Å². The number of para-hydroxylation sites is 1. The van der Waals surface area contributed by atoms with Crippen LogP contribution in [0.15, 0.2) is 42.5 Å². The molecule has 0 radical (unpaired) electrons. The van der Waals surface area contributed by atoms with E-state index in [2.05, 4.69) is 45.0 Å². The maximum atomic E-state index is 12.8. The summed E-state index contributed by atoms with van der Waals surface area (Å²) in [6.07, 6.45) is 1.77. The number of benzene rings is 2. The van der Waals surface area contributed by atoms with Crippen LogP contribution < -0.4 is 4.90 Å². The van der Waals surface area contributed by atoms with Crippen LogP contribution in [0.3, 0.4) is 0 Å². The number of carbonyl (C=O) groups is 1. The first-order chi connectivity index (χ1) is 10.4. The molecule has 22 heavy (non-hydrogen) atoms. The Balaban J connectivity index is 1.89. The summed E-state index contributed by atoms with van der Waals surface area (Å²) in [5, 5.41) is 0. The molecule has 1 aliphatic heterocycles. The summed E-state index contributed by atoms with van der Waals surface area (Å²) in [7, 11) is 1.88. The lowest BCUT2D eigenvalue weighted by Crippen LogP contribution is -2.36. The van der Waals surface area contributed by atoms with E-state index in [1.807, 2.05) is 25.2 Å². The van der Waals surface area contributed by atoms with E-state index >= 15 is 0 Å². The van der Waals surface area contributed by atoms with E-state index in [0.717, 1.165) is 24.1 Å². The standard InChI is InChI=1S/C20H23NO/c1-14-11-15(2)13-16(12-14)9-10-20(3)17-7-5-6-8-18(17)21(4)19(20)22/h5-8,11-13H,9-10H2,1-4H3/t20-/m0/s1. The molecule has 114 valence electrons. The number of rotatable bonds is 3. The summed E-state index contributed by atoms with van der Waals surface area (Å²) in [4.78, 5) is 14.6. The Morgan fingerprint density at radius 1 is 1.05 bits per heavy atom. The van der Waals surface area contributed by atoms with E-state index in [0.29, 0.717) is 0 Å². The molecule has 1 heterocycles. The molecule has 2 aromatic rings. The van der Waals surface area contributed by atoms with Crippen LogP contribution in [0.25, 0.3) is 0 Å². The third-order valence-corrected chi connectivity index (χ3v) is 4.83. The predicted molar refractivity (Wildman–Crippen MR) is 91.4 cm³/mol. The molecule has 0 aromatic heterocycles. The largest absolute Gasteiger partial charge is 0.314 e. The molecule has 0 fully saturated rings. The molecule has 0 unspecified atom stereocenters. The van der Waals surface area contributed by atoms with Crippen molar-refractivity contribution < 1.29 is 4.79 Å². The molecule has 0 saturated heterocycles. The first-order valence-electron chi connectivity index (χ1n) is 7.87. The molecule has 1 amide bonds. The van der Waals surface area contributed by atoms with Crippen LogP contribution >= 0.6 is 0 Å². The van der Waals surface area contributed by atoms with Gasteiger partial charge in [-0.3, -0.25) is 4.79 Å². The highest BCUT2D eigenvalue weighted by molar-refractivity contribution is 6.07. The van der Waals surface area contributed by atoms with Gasteiger partial charge in [0.15, 0.2) is 0 Å². The van der Waals surface area contributed by atoms with Crippen LogP contribution in [0, 0.1) is 13.8 Å². The summed E-state index contributed by atoms with van der Waals surface area (Å²) in [6, 6.07) is 14.8. The molecular formula is C20H23NO. The summed E-state index contributed by atoms with van der Waals surface area (Å²) < 4.78 is 0. The molecule has 0 aliphatic carbocycles. The monoisotopic (exact) mass is 293 g/mol. The van der Waals surface area contributed by atoms with Crippen molar-refractivity contribution in [2.45, 2.75) is 39.0 Å². The third-order valence-electron chi connectivity index (χ3n) is 4.83. The molecule has 0 spiro atoms. The number of hydrogen-bond donors (Lipinski definition) is 0. The van der Waals surface area contributed by atoms with Crippen LogP contribution in [-0.2, 0) is 16.6 Å². The third kappa shape index (κ3) is 2.33. The molecule has 2 heteroatoms. The SMILES string of the molecule is Cc1cc(C)cc(CC[C@]2(C)C(=O)N(C)c3ccccc32)c1. The molecule has 1 aliphatic rings. The summed E-state index contributed by atoms with van der Waals surface area (Å²) in [5.41, 5.74) is 5.69. The van der Waals surface area contributed by atoms with Crippen molar-refractivity contribution in [1.82, 2.24) is 0 Å². The lowest BCUT2D eigenvalue weighted by atomic mass is 9.78. The fraction of sp³-hybridized carbons (Fsp3) is 0.350. The average molecular weight is 293 g/mol. The highest BCUT2D eigenvalue weighted by Gasteiger charge is 2.45. The zero-order chi connectivity index (χ0) is 15.9. The molecule has 3 rings (SSSR count). The van der Waals surface area contributed by atoms with E-state index in [4.69, 9.17) is 0 Å². The van der Waals surface area contributed by atoms with E-state index in [1.165, 1.54) is 16.7 Å². The summed E-state index contributed by atoms with van der Waals surface area (Å²) >= 11 is 0. The van der Waals surface area contributed by atoms with Gasteiger partial charge in [0.2, 0.25) is 5.91 Å². The number of fused-ring (bicyclic) bond motifs is 1. The van der Waals surface area contributed by atoms with Crippen molar-refractivity contribution in [2.75, 3.05) is 11.9 Å². The van der Waals surface area contributed by atoms with Gasteiger partial charge in [0.1, 0.15) is 0 Å². The highest BCUT2D eigenvalue weighted by Crippen LogP contribution is 2.43. The predicted octanol–water partition coefficient (Wildman–Crippen LogP) is 4.17. The molecule has 2 nitrogen and oxygen atoms in total. The van der Waals surface area contributed by atoms with Gasteiger partial charge in [0.05, 0.1) is 5.41 Å². The van der Waals surface area contributed by atoms with Crippen LogP contribution in [0.1, 0.15) is 35.6 Å². The Kier molecular flexibility index (Phi) is 3.56. The number of hydrogen-bond acceptors (Lipinski definition) is 1. The van der Waals surface area contributed by atoms with Crippen molar-refractivity contribution in [1.29, 1.82) is 0 Å². The maximum Gasteiger partial charge on any atom is 0.237 e. The second-order valence-corrected chi connectivity index (χ2v) is 6.71. The second-order valence-electron chi connectivity index (χ2n) is 6.71. The molecule has 0 N–H and O–H groups in total. The van der Waals surface area contributed by atoms with Gasteiger partial charge >= 0.3 is 0 Å². The van der Waals surface area contributed by atoms with Gasteiger partial charge < -0.3 is 4.90 Å². The van der Waals surface area contributed by atoms with Crippen molar-refractivity contribution in [3.63, 3.8) is 0 Å². The first kappa shape index (κ1) is 14.8. The topological polar surface area (TPSA) is 20.3 Å². The molecular weight excluding hydrogens is 270 g/mol. The minimum Gasteiger partial charge on any atom is -0.314 e. The Morgan fingerprint density at radius 3 is 2.36 bits per heavy atom. The van der Waals surface area contributed by atoms with E-state index in [1.54, 1.807) is 4.90 Å². The smallest absolute Gasteiger partial charge is 0.237 e. The molecule has 2 aromatic carbocycles. The molecule has 1 atom stereocenters. The fourth-order valence-corrected chi connectivity index (χ4v) is 3.68. The van der Waals surface area contributed by atoms with Crippen LogP contribution in [0.5, 0.6) is 0 Å². The minimum absolute atomic E-state index is 0.207. The van der Waals surface area contributed by atoms with Crippen LogP contribution in [-0.4, -0.2) is 13.0 Å². The van der Waals surface area contributed by atoms with Gasteiger partial charge in [0.25, 0.3) is 0 Å². The second kappa shape index (κ2) is 5.28. The number of anilines is 1. The number of carbonyl (C=O) groups excluding carboxylic acids is 1. The zero-order valence-electron chi connectivity index (χ0n) is 13.8.